The van der Waals surface area contributed by atoms with Gasteiger partial charge in [0.2, 0.25) is 0 Å². The van der Waals surface area contributed by atoms with Crippen LogP contribution in [0.1, 0.15) is 0 Å². The van der Waals surface area contributed by atoms with E-state index in [4.69, 9.17) is 8.85 Å². The molecular weight excluding hydrogens is 200 g/mol. The van der Waals surface area contributed by atoms with Crippen molar-refractivity contribution < 1.29 is 8.85 Å². The minimum absolute atomic E-state index is 0.00309. The van der Waals surface area contributed by atoms with E-state index in [2.05, 4.69) is 39.3 Å². The van der Waals surface area contributed by atoms with Crippen LogP contribution in [0.5, 0.6) is 0 Å². The average Bonchev–Trinajstić information content (AvgIpc) is 1.49. The molecule has 0 aliphatic rings. The van der Waals surface area contributed by atoms with Gasteiger partial charge in [0, 0.05) is 0 Å². The molecule has 1 radical (unpaired) electrons. The van der Waals surface area contributed by atoms with Crippen LogP contribution in [0.15, 0.2) is 0 Å². The summed E-state index contributed by atoms with van der Waals surface area (Å²) in [7, 11) is -1.04. The predicted octanol–water partition coefficient (Wildman–Crippen LogP) is 1.61. The maximum absolute atomic E-state index is 5.78. The third-order valence-corrected chi connectivity index (χ3v) is 3.91. The first-order valence-corrected chi connectivity index (χ1v) is 11.9. The molecule has 0 amide bonds. The van der Waals surface area contributed by atoms with Crippen LogP contribution in [0.3, 0.4) is 0 Å². The van der Waals surface area contributed by atoms with E-state index in [1.165, 1.54) is 0 Å². The fourth-order valence-corrected chi connectivity index (χ4v) is 5.58. The summed E-state index contributed by atoms with van der Waals surface area (Å²) in [5.74, 6) is 0.00309. The molecule has 12 heavy (non-hydrogen) atoms. The molecular formula is C7H21O2Si3. The van der Waals surface area contributed by atoms with Gasteiger partial charge in [-0.05, 0) is 39.3 Å². The lowest BCUT2D eigenvalue weighted by Gasteiger charge is -2.29. The lowest BCUT2D eigenvalue weighted by Crippen LogP contribution is -2.40. The van der Waals surface area contributed by atoms with E-state index in [0.717, 1.165) is 0 Å². The third kappa shape index (κ3) is 8.67. The van der Waals surface area contributed by atoms with Crippen LogP contribution in [0.4, 0.5) is 0 Å². The molecule has 0 atom stereocenters. The Morgan fingerprint density at radius 1 is 0.833 bits per heavy atom. The number of rotatable bonds is 4. The second-order valence-corrected chi connectivity index (χ2v) is 14.5. The fourth-order valence-electron chi connectivity index (χ4n) is 0.813. The summed E-state index contributed by atoms with van der Waals surface area (Å²) >= 11 is 0. The molecule has 5 heteroatoms. The second-order valence-electron chi connectivity index (χ2n) is 4.89. The first kappa shape index (κ1) is 12.6. The van der Waals surface area contributed by atoms with Gasteiger partial charge in [-0.25, -0.2) is 0 Å². The van der Waals surface area contributed by atoms with E-state index < -0.39 is 16.6 Å². The first-order chi connectivity index (χ1) is 5.10. The molecule has 0 aromatic heterocycles. The highest BCUT2D eigenvalue weighted by Crippen LogP contribution is 2.11. The molecule has 0 aliphatic heterocycles. The van der Waals surface area contributed by atoms with Gasteiger partial charge in [-0.15, -0.1) is 0 Å². The average molecular weight is 222 g/mol. The zero-order chi connectivity index (χ0) is 9.99. The summed E-state index contributed by atoms with van der Waals surface area (Å²) in [6, 6.07) is 0. The fraction of sp³-hybridized carbons (Fsp3) is 1.00. The molecule has 0 aromatic carbocycles. The summed E-state index contributed by atoms with van der Waals surface area (Å²) in [6.45, 7) is 13.1. The highest BCUT2D eigenvalue weighted by Gasteiger charge is 2.23. The highest BCUT2D eigenvalue weighted by molar-refractivity contribution is 6.71. The standard InChI is InChI=1S/C7H21O2Si3/c1-11(2,3)8-7(10)9-12(4,5)6/h7H,10H2,1-6H3. The molecule has 0 aliphatic carbocycles. The van der Waals surface area contributed by atoms with Gasteiger partial charge in [0.05, 0.1) is 10.2 Å². The maximum Gasteiger partial charge on any atom is 0.186 e. The molecule has 0 N–H and O–H groups in total. The van der Waals surface area contributed by atoms with Gasteiger partial charge in [0.25, 0.3) is 0 Å². The van der Waals surface area contributed by atoms with Crippen molar-refractivity contribution in [3.05, 3.63) is 0 Å². The Morgan fingerprint density at radius 2 is 1.08 bits per heavy atom. The van der Waals surface area contributed by atoms with Crippen molar-refractivity contribution in [2.24, 2.45) is 0 Å². The van der Waals surface area contributed by atoms with Gasteiger partial charge in [-0.1, -0.05) is 0 Å². The van der Waals surface area contributed by atoms with Gasteiger partial charge in [-0.3, -0.25) is 0 Å². The molecule has 0 saturated heterocycles. The Hall–Kier alpha value is 0.571. The molecule has 0 bridgehead atoms. The first-order valence-electron chi connectivity index (χ1n) is 4.29. The van der Waals surface area contributed by atoms with Gasteiger partial charge < -0.3 is 8.85 Å². The number of hydrogen-bond donors (Lipinski definition) is 0. The minimum Gasteiger partial charge on any atom is -0.398 e. The molecule has 2 nitrogen and oxygen atoms in total. The Labute approximate surface area is 81.3 Å². The summed E-state index contributed by atoms with van der Waals surface area (Å²) in [5.41, 5.74) is 0. The summed E-state index contributed by atoms with van der Waals surface area (Å²) < 4.78 is 11.6. The summed E-state index contributed by atoms with van der Waals surface area (Å²) in [4.78, 5) is 0. The number of hydrogen-bond acceptors (Lipinski definition) is 2. The van der Waals surface area contributed by atoms with E-state index in [0.29, 0.717) is 0 Å². The van der Waals surface area contributed by atoms with Crippen molar-refractivity contribution in [2.75, 3.05) is 0 Å². The molecule has 0 spiro atoms. The van der Waals surface area contributed by atoms with Crippen LogP contribution in [0, 0.1) is 0 Å². The van der Waals surface area contributed by atoms with E-state index in [-0.39, 0.29) is 5.91 Å². The van der Waals surface area contributed by atoms with Crippen LogP contribution in [-0.2, 0) is 8.85 Å². The molecule has 0 saturated carbocycles. The molecule has 0 rings (SSSR count). The maximum atomic E-state index is 5.78. The van der Waals surface area contributed by atoms with Crippen molar-refractivity contribution >= 4 is 26.9 Å². The highest BCUT2D eigenvalue weighted by atomic mass is 28.4. The zero-order valence-corrected chi connectivity index (χ0v) is 12.5. The SMILES string of the molecule is C[Si](C)(C)OC([SiH2])O[Si](C)(C)C. The van der Waals surface area contributed by atoms with Crippen LogP contribution < -0.4 is 0 Å². The van der Waals surface area contributed by atoms with Crippen LogP contribution in [0.25, 0.3) is 0 Å². The monoisotopic (exact) mass is 221 g/mol. The Balaban J connectivity index is 3.83. The van der Waals surface area contributed by atoms with E-state index in [9.17, 15) is 0 Å². The van der Waals surface area contributed by atoms with E-state index in [1.807, 2.05) is 0 Å². The Bertz CT molecular complexity index is 121. The van der Waals surface area contributed by atoms with Crippen LogP contribution in [-0.4, -0.2) is 32.8 Å². The Morgan fingerprint density at radius 3 is 1.25 bits per heavy atom. The lowest BCUT2D eigenvalue weighted by molar-refractivity contribution is 0.0641. The van der Waals surface area contributed by atoms with Crippen molar-refractivity contribution in [2.45, 2.75) is 45.2 Å². The topological polar surface area (TPSA) is 18.5 Å². The van der Waals surface area contributed by atoms with Crippen molar-refractivity contribution in [3.63, 3.8) is 0 Å². The molecule has 0 fully saturated rings. The Kier molecular flexibility index (Phi) is 4.39. The van der Waals surface area contributed by atoms with Gasteiger partial charge >= 0.3 is 0 Å². The normalized spacial score (nSPS) is 14.0. The quantitative estimate of drug-likeness (QED) is 0.530. The minimum atomic E-state index is -1.42. The van der Waals surface area contributed by atoms with Crippen molar-refractivity contribution in [1.29, 1.82) is 0 Å². The van der Waals surface area contributed by atoms with E-state index in [1.54, 1.807) is 10.2 Å². The van der Waals surface area contributed by atoms with Gasteiger partial charge in [0.15, 0.2) is 16.6 Å². The lowest BCUT2D eigenvalue weighted by atomic mass is 11.5. The largest absolute Gasteiger partial charge is 0.398 e. The third-order valence-electron chi connectivity index (χ3n) is 0.970. The summed E-state index contributed by atoms with van der Waals surface area (Å²) in [6.07, 6.45) is 0. The van der Waals surface area contributed by atoms with Gasteiger partial charge in [-0.2, -0.15) is 0 Å². The van der Waals surface area contributed by atoms with Gasteiger partial charge in [0.1, 0.15) is 5.91 Å². The molecule has 73 valence electrons. The summed E-state index contributed by atoms with van der Waals surface area (Å²) in [5, 5.41) is 0. The second kappa shape index (κ2) is 4.19. The van der Waals surface area contributed by atoms with Crippen molar-refractivity contribution in [3.8, 4) is 0 Å². The smallest absolute Gasteiger partial charge is 0.186 e. The predicted molar refractivity (Wildman–Crippen MR) is 61.2 cm³/mol. The van der Waals surface area contributed by atoms with E-state index >= 15 is 0 Å². The van der Waals surface area contributed by atoms with Crippen molar-refractivity contribution in [1.82, 2.24) is 0 Å². The van der Waals surface area contributed by atoms with Crippen LogP contribution in [0.2, 0.25) is 39.3 Å². The molecule has 0 heterocycles. The molecule has 0 aromatic rings. The van der Waals surface area contributed by atoms with Crippen LogP contribution >= 0.6 is 0 Å². The molecule has 0 unspecified atom stereocenters. The zero-order valence-electron chi connectivity index (χ0n) is 9.10.